The highest BCUT2D eigenvalue weighted by Gasteiger charge is 2.11. The molecular formula is C15H22N4O2. The zero-order chi connectivity index (χ0) is 15.4. The first kappa shape index (κ1) is 15.3. The van der Waals surface area contributed by atoms with Gasteiger partial charge >= 0.3 is 0 Å². The molecule has 114 valence electrons. The third-order valence-electron chi connectivity index (χ3n) is 3.26. The van der Waals surface area contributed by atoms with Crippen LogP contribution in [0.3, 0.4) is 0 Å². The van der Waals surface area contributed by atoms with Crippen molar-refractivity contribution in [3.05, 3.63) is 24.0 Å². The highest BCUT2D eigenvalue weighted by molar-refractivity contribution is 5.80. The van der Waals surface area contributed by atoms with Crippen LogP contribution in [0, 0.1) is 5.92 Å². The molecule has 21 heavy (non-hydrogen) atoms. The summed E-state index contributed by atoms with van der Waals surface area (Å²) in [5, 5.41) is 12.3. The molecule has 4 N–H and O–H groups in total. The maximum atomic E-state index is 11.8. The molecule has 0 aliphatic rings. The number of hydrogen-bond acceptors (Lipinski definition) is 4. The Labute approximate surface area is 124 Å². The summed E-state index contributed by atoms with van der Waals surface area (Å²) in [5.41, 5.74) is 7.99. The summed E-state index contributed by atoms with van der Waals surface area (Å²) in [6.45, 7) is 5.10. The molecule has 0 saturated heterocycles. The number of aryl methyl sites for hydroxylation is 1. The average molecular weight is 290 g/mol. The van der Waals surface area contributed by atoms with E-state index < -0.39 is 0 Å². The van der Waals surface area contributed by atoms with Crippen molar-refractivity contribution in [3.8, 4) is 0 Å². The van der Waals surface area contributed by atoms with Gasteiger partial charge in [0.15, 0.2) is 0 Å². The van der Waals surface area contributed by atoms with Crippen LogP contribution in [-0.2, 0) is 17.9 Å². The van der Waals surface area contributed by atoms with Crippen molar-refractivity contribution in [2.75, 3.05) is 12.3 Å². The van der Waals surface area contributed by atoms with Crippen molar-refractivity contribution < 1.29 is 9.90 Å². The van der Waals surface area contributed by atoms with Crippen molar-refractivity contribution in [2.24, 2.45) is 5.92 Å². The number of imidazole rings is 1. The summed E-state index contributed by atoms with van der Waals surface area (Å²) >= 11 is 0. The number of hydrogen-bond donors (Lipinski definition) is 3. The van der Waals surface area contributed by atoms with E-state index >= 15 is 0 Å². The van der Waals surface area contributed by atoms with Gasteiger partial charge in [-0.05, 0) is 24.1 Å². The summed E-state index contributed by atoms with van der Waals surface area (Å²) in [4.78, 5) is 16.2. The summed E-state index contributed by atoms with van der Waals surface area (Å²) in [6, 6.07) is 5.42. The Balaban J connectivity index is 2.12. The van der Waals surface area contributed by atoms with Gasteiger partial charge in [0, 0.05) is 25.2 Å². The van der Waals surface area contributed by atoms with Gasteiger partial charge in [0.1, 0.15) is 12.4 Å². The number of amides is 1. The van der Waals surface area contributed by atoms with Gasteiger partial charge in [0.25, 0.3) is 0 Å². The number of aliphatic hydroxyl groups excluding tert-OH is 1. The molecule has 1 amide bonds. The molecule has 0 spiro atoms. The minimum atomic E-state index is -0.164. The maximum Gasteiger partial charge on any atom is 0.221 e. The van der Waals surface area contributed by atoms with Crippen LogP contribution in [0.5, 0.6) is 0 Å². The third-order valence-corrected chi connectivity index (χ3v) is 3.26. The topological polar surface area (TPSA) is 93.2 Å². The summed E-state index contributed by atoms with van der Waals surface area (Å²) < 4.78 is 1.86. The van der Waals surface area contributed by atoms with Crippen LogP contribution in [0.2, 0.25) is 0 Å². The van der Waals surface area contributed by atoms with Gasteiger partial charge in [0.05, 0.1) is 11.0 Å². The van der Waals surface area contributed by atoms with Crippen molar-refractivity contribution in [1.29, 1.82) is 0 Å². The summed E-state index contributed by atoms with van der Waals surface area (Å²) in [5.74, 6) is 0.983. The van der Waals surface area contributed by atoms with Gasteiger partial charge < -0.3 is 20.7 Å². The van der Waals surface area contributed by atoms with E-state index in [9.17, 15) is 9.90 Å². The number of carbonyl (C=O) groups is 1. The minimum Gasteiger partial charge on any atom is -0.399 e. The number of nitrogens with zero attached hydrogens (tertiary/aromatic N) is 2. The zero-order valence-electron chi connectivity index (χ0n) is 12.5. The van der Waals surface area contributed by atoms with Crippen molar-refractivity contribution in [1.82, 2.24) is 14.9 Å². The fourth-order valence-corrected chi connectivity index (χ4v) is 2.19. The number of aliphatic hydroxyl groups is 1. The van der Waals surface area contributed by atoms with Crippen LogP contribution in [0.15, 0.2) is 18.2 Å². The van der Waals surface area contributed by atoms with Crippen LogP contribution < -0.4 is 11.1 Å². The highest BCUT2D eigenvalue weighted by Crippen LogP contribution is 2.19. The second kappa shape index (κ2) is 6.58. The fraction of sp³-hybridized carbons (Fsp3) is 0.467. The number of nitrogen functional groups attached to an aromatic ring is 1. The van der Waals surface area contributed by atoms with E-state index in [4.69, 9.17) is 5.73 Å². The van der Waals surface area contributed by atoms with Gasteiger partial charge in [-0.25, -0.2) is 4.98 Å². The van der Waals surface area contributed by atoms with Gasteiger partial charge in [-0.3, -0.25) is 4.79 Å². The third kappa shape index (κ3) is 3.72. The molecule has 0 radical (unpaired) electrons. The largest absolute Gasteiger partial charge is 0.399 e. The Morgan fingerprint density at radius 3 is 2.90 bits per heavy atom. The van der Waals surface area contributed by atoms with Crippen LogP contribution in [0.25, 0.3) is 11.0 Å². The van der Waals surface area contributed by atoms with E-state index in [1.807, 2.05) is 10.6 Å². The van der Waals surface area contributed by atoms with E-state index in [2.05, 4.69) is 24.1 Å². The smallest absolute Gasteiger partial charge is 0.221 e. The lowest BCUT2D eigenvalue weighted by Crippen LogP contribution is -2.28. The lowest BCUT2D eigenvalue weighted by Gasteiger charge is -2.10. The summed E-state index contributed by atoms with van der Waals surface area (Å²) in [6.07, 6.45) is 0.357. The first-order chi connectivity index (χ1) is 10.0. The molecule has 2 rings (SSSR count). The van der Waals surface area contributed by atoms with E-state index in [-0.39, 0.29) is 12.5 Å². The molecule has 0 fully saturated rings. The number of nitrogens with one attached hydrogen (secondary N) is 1. The lowest BCUT2D eigenvalue weighted by atomic mass is 10.2. The molecule has 0 saturated carbocycles. The Bertz CT molecular complexity index is 634. The molecule has 0 atom stereocenters. The predicted octanol–water partition coefficient (Wildman–Crippen LogP) is 1.27. The molecule has 0 aliphatic heterocycles. The monoisotopic (exact) mass is 290 g/mol. The number of fused-ring (bicyclic) bond motifs is 1. The van der Waals surface area contributed by atoms with Gasteiger partial charge in [-0.1, -0.05) is 13.8 Å². The molecule has 1 heterocycles. The highest BCUT2D eigenvalue weighted by atomic mass is 16.3. The molecule has 6 nitrogen and oxygen atoms in total. The Morgan fingerprint density at radius 1 is 1.48 bits per heavy atom. The van der Waals surface area contributed by atoms with E-state index in [0.29, 0.717) is 36.9 Å². The molecule has 0 aliphatic carbocycles. The molecule has 1 aromatic carbocycles. The Hall–Kier alpha value is -2.08. The number of anilines is 1. The van der Waals surface area contributed by atoms with Gasteiger partial charge in [-0.15, -0.1) is 0 Å². The van der Waals surface area contributed by atoms with E-state index in [1.54, 1.807) is 12.1 Å². The van der Waals surface area contributed by atoms with Crippen LogP contribution in [-0.4, -0.2) is 27.1 Å². The Kier molecular flexibility index (Phi) is 4.80. The van der Waals surface area contributed by atoms with Gasteiger partial charge in [-0.2, -0.15) is 0 Å². The second-order valence-corrected chi connectivity index (χ2v) is 5.53. The van der Waals surface area contributed by atoms with Crippen molar-refractivity contribution in [2.45, 2.75) is 33.4 Å². The SMILES string of the molecule is CC(C)CNC(=O)CCn1c(CO)nc2cc(N)ccc21. The molecule has 6 heteroatoms. The van der Waals surface area contributed by atoms with Gasteiger partial charge in [0.2, 0.25) is 5.91 Å². The molecule has 1 aromatic heterocycles. The molecular weight excluding hydrogens is 268 g/mol. The minimum absolute atomic E-state index is 0.00452. The van der Waals surface area contributed by atoms with Crippen LogP contribution in [0.4, 0.5) is 5.69 Å². The first-order valence-electron chi connectivity index (χ1n) is 7.13. The Morgan fingerprint density at radius 2 is 2.24 bits per heavy atom. The number of carbonyl (C=O) groups excluding carboxylic acids is 1. The van der Waals surface area contributed by atoms with Crippen LogP contribution >= 0.6 is 0 Å². The first-order valence-corrected chi connectivity index (χ1v) is 7.13. The van der Waals surface area contributed by atoms with Crippen LogP contribution in [0.1, 0.15) is 26.1 Å². The quantitative estimate of drug-likeness (QED) is 0.698. The lowest BCUT2D eigenvalue weighted by molar-refractivity contribution is -0.121. The van der Waals surface area contributed by atoms with E-state index in [1.165, 1.54) is 0 Å². The predicted molar refractivity (Wildman–Crippen MR) is 82.5 cm³/mol. The van der Waals surface area contributed by atoms with E-state index in [0.717, 1.165) is 11.0 Å². The number of rotatable bonds is 6. The molecule has 2 aromatic rings. The van der Waals surface area contributed by atoms with Crippen molar-refractivity contribution in [3.63, 3.8) is 0 Å². The molecule has 0 unspecified atom stereocenters. The summed E-state index contributed by atoms with van der Waals surface area (Å²) in [7, 11) is 0. The second-order valence-electron chi connectivity index (χ2n) is 5.53. The zero-order valence-corrected chi connectivity index (χ0v) is 12.5. The maximum absolute atomic E-state index is 11.8. The normalized spacial score (nSPS) is 11.2. The van der Waals surface area contributed by atoms with Crippen molar-refractivity contribution >= 4 is 22.6 Å². The molecule has 0 bridgehead atoms. The average Bonchev–Trinajstić information content (AvgIpc) is 2.79. The number of benzene rings is 1. The number of nitrogens with two attached hydrogens (primary N) is 1. The fourth-order valence-electron chi connectivity index (χ4n) is 2.19. The number of aromatic nitrogens is 2. The standard InChI is InChI=1S/C15H22N4O2/c1-10(2)8-17-15(21)5-6-19-13-4-3-11(16)7-12(13)18-14(19)9-20/h3-4,7,10,20H,5-6,8-9,16H2,1-2H3,(H,17,21).